The van der Waals surface area contributed by atoms with Crippen LogP contribution in [0.2, 0.25) is 0 Å². The van der Waals surface area contributed by atoms with E-state index in [9.17, 15) is 4.79 Å². The van der Waals surface area contributed by atoms with Gasteiger partial charge in [-0.1, -0.05) is 0 Å². The maximum atomic E-state index is 10.6. The zero-order chi connectivity index (χ0) is 12.3. The molecule has 1 heterocycles. The minimum atomic E-state index is -0.988. The Labute approximate surface area is 101 Å². The van der Waals surface area contributed by atoms with Gasteiger partial charge < -0.3 is 14.9 Å². The number of aromatic carboxylic acids is 1. The molecule has 2 N–H and O–H groups in total. The molecule has 2 aromatic rings. The van der Waals surface area contributed by atoms with Crippen LogP contribution in [0.5, 0.6) is 11.5 Å². The lowest BCUT2D eigenvalue weighted by atomic mass is 10.3. The van der Waals surface area contributed by atoms with E-state index in [1.54, 1.807) is 12.1 Å². The molecule has 0 unspecified atom stereocenters. The number of thiazole rings is 1. The van der Waals surface area contributed by atoms with Crippen LogP contribution in [0.3, 0.4) is 0 Å². The second-order valence-electron chi connectivity index (χ2n) is 3.21. The Balaban J connectivity index is 1.97. The zero-order valence-corrected chi connectivity index (χ0v) is 9.48. The highest BCUT2D eigenvalue weighted by Crippen LogP contribution is 2.19. The lowest BCUT2D eigenvalue weighted by Gasteiger charge is -2.03. The van der Waals surface area contributed by atoms with Crippen molar-refractivity contribution in [2.45, 2.75) is 6.61 Å². The minimum absolute atomic E-state index is 0.166. The number of aromatic hydroxyl groups is 1. The highest BCUT2D eigenvalue weighted by Gasteiger charge is 2.08. The van der Waals surface area contributed by atoms with Crippen molar-refractivity contribution in [3.05, 3.63) is 40.3 Å². The molecule has 0 aliphatic rings. The molecule has 0 aliphatic carbocycles. The topological polar surface area (TPSA) is 79.7 Å². The summed E-state index contributed by atoms with van der Waals surface area (Å²) in [6, 6.07) is 6.28. The van der Waals surface area contributed by atoms with Crippen molar-refractivity contribution in [1.82, 2.24) is 4.98 Å². The fourth-order valence-corrected chi connectivity index (χ4v) is 1.83. The smallest absolute Gasteiger partial charge is 0.347 e. The highest BCUT2D eigenvalue weighted by atomic mass is 32.1. The first kappa shape index (κ1) is 11.4. The molecule has 2 rings (SSSR count). The molecule has 0 saturated carbocycles. The molecular formula is C11H9NO4S. The Hall–Kier alpha value is -2.08. The molecule has 0 saturated heterocycles. The third kappa shape index (κ3) is 2.94. The molecule has 5 nitrogen and oxygen atoms in total. The van der Waals surface area contributed by atoms with Gasteiger partial charge in [0.2, 0.25) is 0 Å². The molecule has 0 radical (unpaired) electrons. The number of hydrogen-bond donors (Lipinski definition) is 2. The molecule has 0 atom stereocenters. The van der Waals surface area contributed by atoms with Gasteiger partial charge in [-0.2, -0.15) is 0 Å². The summed E-state index contributed by atoms with van der Waals surface area (Å²) in [6.45, 7) is 0.211. The zero-order valence-electron chi connectivity index (χ0n) is 8.66. The van der Waals surface area contributed by atoms with E-state index in [1.165, 1.54) is 18.3 Å². The summed E-state index contributed by atoms with van der Waals surface area (Å²) in [5.41, 5.74) is 0. The van der Waals surface area contributed by atoms with Crippen LogP contribution in [-0.2, 0) is 6.61 Å². The molecule has 0 spiro atoms. The lowest BCUT2D eigenvalue weighted by molar-refractivity contribution is 0.0702. The van der Waals surface area contributed by atoms with Gasteiger partial charge in [-0.15, -0.1) is 11.3 Å². The molecule has 1 aromatic heterocycles. The number of carboxylic acid groups (broad SMARTS) is 1. The first-order chi connectivity index (χ1) is 8.15. The van der Waals surface area contributed by atoms with E-state index in [-0.39, 0.29) is 17.2 Å². The molecule has 0 fully saturated rings. The van der Waals surface area contributed by atoms with Gasteiger partial charge in [0.15, 0.2) is 0 Å². The summed E-state index contributed by atoms with van der Waals surface area (Å²) >= 11 is 1.08. The predicted octanol–water partition coefficient (Wildman–Crippen LogP) is 2.13. The summed E-state index contributed by atoms with van der Waals surface area (Å²) < 4.78 is 5.38. The monoisotopic (exact) mass is 251 g/mol. The van der Waals surface area contributed by atoms with E-state index >= 15 is 0 Å². The van der Waals surface area contributed by atoms with Crippen LogP contribution in [0.4, 0.5) is 0 Å². The lowest BCUT2D eigenvalue weighted by Crippen LogP contribution is -1.93. The average molecular weight is 251 g/mol. The summed E-state index contributed by atoms with van der Waals surface area (Å²) in [6.07, 6.45) is 1.31. The van der Waals surface area contributed by atoms with Crippen molar-refractivity contribution in [1.29, 1.82) is 0 Å². The number of phenolic OH excluding ortho intramolecular Hbond substituents is 1. The summed E-state index contributed by atoms with van der Waals surface area (Å²) in [4.78, 5) is 14.8. The van der Waals surface area contributed by atoms with Crippen LogP contribution in [0.1, 0.15) is 14.7 Å². The number of aromatic nitrogens is 1. The van der Waals surface area contributed by atoms with Crippen LogP contribution in [0.25, 0.3) is 0 Å². The van der Waals surface area contributed by atoms with Gasteiger partial charge in [0, 0.05) is 0 Å². The Bertz CT molecular complexity index is 521. The fraction of sp³-hybridized carbons (Fsp3) is 0.0909. The first-order valence-corrected chi connectivity index (χ1v) is 5.56. The van der Waals surface area contributed by atoms with Gasteiger partial charge in [-0.25, -0.2) is 9.78 Å². The average Bonchev–Trinajstić information content (AvgIpc) is 2.77. The first-order valence-electron chi connectivity index (χ1n) is 4.75. The van der Waals surface area contributed by atoms with E-state index in [0.717, 1.165) is 11.3 Å². The van der Waals surface area contributed by atoms with Gasteiger partial charge in [0.05, 0.1) is 6.20 Å². The standard InChI is InChI=1S/C11H9NO4S/c13-7-1-3-8(4-2-7)16-6-10-12-5-9(17-10)11(14)15/h1-5,13H,6H2,(H,14,15). The van der Waals surface area contributed by atoms with Crippen molar-refractivity contribution >= 4 is 17.3 Å². The predicted molar refractivity (Wildman–Crippen MR) is 61.5 cm³/mol. The minimum Gasteiger partial charge on any atom is -0.508 e. The van der Waals surface area contributed by atoms with Crippen LogP contribution < -0.4 is 4.74 Å². The molecular weight excluding hydrogens is 242 g/mol. The van der Waals surface area contributed by atoms with Crippen molar-refractivity contribution in [2.75, 3.05) is 0 Å². The van der Waals surface area contributed by atoms with Gasteiger partial charge in [-0.05, 0) is 24.3 Å². The number of rotatable bonds is 4. The maximum absolute atomic E-state index is 10.6. The molecule has 0 amide bonds. The van der Waals surface area contributed by atoms with E-state index < -0.39 is 5.97 Å². The molecule has 1 aromatic carbocycles. The molecule has 0 bridgehead atoms. The quantitative estimate of drug-likeness (QED) is 0.870. The van der Waals surface area contributed by atoms with Crippen molar-refractivity contribution in [2.24, 2.45) is 0 Å². The third-order valence-corrected chi connectivity index (χ3v) is 2.92. The number of nitrogens with zero attached hydrogens (tertiary/aromatic N) is 1. The Morgan fingerprint density at radius 3 is 2.65 bits per heavy atom. The number of carbonyl (C=O) groups is 1. The molecule has 17 heavy (non-hydrogen) atoms. The largest absolute Gasteiger partial charge is 0.508 e. The van der Waals surface area contributed by atoms with Crippen LogP contribution >= 0.6 is 11.3 Å². The van der Waals surface area contributed by atoms with Crippen LogP contribution in [-0.4, -0.2) is 21.2 Å². The van der Waals surface area contributed by atoms with E-state index in [2.05, 4.69) is 4.98 Å². The number of carboxylic acids is 1. The Morgan fingerprint density at radius 1 is 1.35 bits per heavy atom. The summed E-state index contributed by atoms with van der Waals surface area (Å²) in [5, 5.41) is 18.4. The van der Waals surface area contributed by atoms with Crippen molar-refractivity contribution < 1.29 is 19.7 Å². The number of phenols is 1. The van der Waals surface area contributed by atoms with Crippen molar-refractivity contribution in [3.63, 3.8) is 0 Å². The normalized spacial score (nSPS) is 10.1. The highest BCUT2D eigenvalue weighted by molar-refractivity contribution is 7.13. The molecule has 0 aliphatic heterocycles. The number of benzene rings is 1. The van der Waals surface area contributed by atoms with E-state index in [4.69, 9.17) is 14.9 Å². The Morgan fingerprint density at radius 2 is 2.06 bits per heavy atom. The second-order valence-corrected chi connectivity index (χ2v) is 4.32. The van der Waals surface area contributed by atoms with E-state index in [0.29, 0.717) is 10.8 Å². The van der Waals surface area contributed by atoms with Crippen LogP contribution in [0.15, 0.2) is 30.5 Å². The summed E-state index contributed by atoms with van der Waals surface area (Å²) in [7, 11) is 0. The molecule has 6 heteroatoms. The van der Waals surface area contributed by atoms with Crippen LogP contribution in [0, 0.1) is 0 Å². The van der Waals surface area contributed by atoms with Gasteiger partial charge in [0.25, 0.3) is 0 Å². The van der Waals surface area contributed by atoms with Gasteiger partial charge >= 0.3 is 5.97 Å². The summed E-state index contributed by atoms with van der Waals surface area (Å²) in [5.74, 6) is -0.229. The van der Waals surface area contributed by atoms with Crippen molar-refractivity contribution in [3.8, 4) is 11.5 Å². The SMILES string of the molecule is O=C(O)c1cnc(COc2ccc(O)cc2)s1. The maximum Gasteiger partial charge on any atom is 0.347 e. The molecule has 88 valence electrons. The van der Waals surface area contributed by atoms with E-state index in [1.807, 2.05) is 0 Å². The number of hydrogen-bond acceptors (Lipinski definition) is 5. The third-order valence-electron chi connectivity index (χ3n) is 1.96. The van der Waals surface area contributed by atoms with Gasteiger partial charge in [0.1, 0.15) is 28.0 Å². The second kappa shape index (κ2) is 4.84. The number of ether oxygens (including phenoxy) is 1. The fourth-order valence-electron chi connectivity index (χ4n) is 1.16. The Kier molecular flexibility index (Phi) is 3.24. The van der Waals surface area contributed by atoms with Gasteiger partial charge in [-0.3, -0.25) is 0 Å².